The lowest BCUT2D eigenvalue weighted by Crippen LogP contribution is -2.56. The number of nitrogens with zero attached hydrogens (tertiary/aromatic N) is 4. The predicted octanol–water partition coefficient (Wildman–Crippen LogP) is 3.87. The van der Waals surface area contributed by atoms with E-state index in [-0.39, 0.29) is 6.42 Å². The molecule has 1 aromatic heterocycles. The number of benzene rings is 2. The maximum atomic E-state index is 11.0. The third kappa shape index (κ3) is 5.09. The summed E-state index contributed by atoms with van der Waals surface area (Å²) in [7, 11) is 0. The van der Waals surface area contributed by atoms with Crippen molar-refractivity contribution in [3.63, 3.8) is 0 Å². The summed E-state index contributed by atoms with van der Waals surface area (Å²) in [5.74, 6) is -0.0349. The van der Waals surface area contributed by atoms with Crippen LogP contribution in [0.3, 0.4) is 0 Å². The smallest absolute Gasteiger partial charge is 0.307 e. The Bertz CT molecular complexity index is 1010. The lowest BCUT2D eigenvalue weighted by atomic mass is 10.0. The lowest BCUT2D eigenvalue weighted by Gasteiger charge is -2.44. The molecule has 160 valence electrons. The molecule has 1 aliphatic heterocycles. The molecule has 0 unspecified atom stereocenters. The van der Waals surface area contributed by atoms with Gasteiger partial charge in [0.1, 0.15) is 0 Å². The van der Waals surface area contributed by atoms with Crippen LogP contribution >= 0.6 is 0 Å². The highest BCUT2D eigenvalue weighted by Crippen LogP contribution is 2.24. The summed E-state index contributed by atoms with van der Waals surface area (Å²) in [5.41, 5.74) is 4.13. The SMILES string of the molecule is C[C@@H]1CN(c2ncc(-c3ccccc3)cn2)C[C@H](C)N1Cc1cccc(CC(=O)O)c1. The van der Waals surface area contributed by atoms with Gasteiger partial charge in [0.25, 0.3) is 0 Å². The van der Waals surface area contributed by atoms with Crippen LogP contribution in [-0.2, 0) is 17.8 Å². The quantitative estimate of drug-likeness (QED) is 0.658. The van der Waals surface area contributed by atoms with Crippen molar-refractivity contribution in [1.82, 2.24) is 14.9 Å². The molecule has 0 bridgehead atoms. The molecule has 0 radical (unpaired) electrons. The van der Waals surface area contributed by atoms with Crippen LogP contribution < -0.4 is 4.90 Å². The molecule has 31 heavy (non-hydrogen) atoms. The van der Waals surface area contributed by atoms with Gasteiger partial charge in [0.2, 0.25) is 5.95 Å². The summed E-state index contributed by atoms with van der Waals surface area (Å²) in [4.78, 5) is 25.0. The Balaban J connectivity index is 1.43. The second-order valence-corrected chi connectivity index (χ2v) is 8.30. The van der Waals surface area contributed by atoms with Gasteiger partial charge in [0, 0.05) is 49.7 Å². The van der Waals surface area contributed by atoms with Crippen LogP contribution in [0.1, 0.15) is 25.0 Å². The zero-order valence-electron chi connectivity index (χ0n) is 18.0. The minimum absolute atomic E-state index is 0.0586. The highest BCUT2D eigenvalue weighted by atomic mass is 16.4. The molecular weight excluding hydrogens is 388 g/mol. The number of carboxylic acid groups (broad SMARTS) is 1. The first kappa shape index (κ1) is 21.0. The summed E-state index contributed by atoms with van der Waals surface area (Å²) < 4.78 is 0. The Hall–Kier alpha value is -3.25. The van der Waals surface area contributed by atoms with E-state index in [1.807, 2.05) is 48.8 Å². The highest BCUT2D eigenvalue weighted by molar-refractivity contribution is 5.70. The van der Waals surface area contributed by atoms with Crippen LogP contribution in [0.25, 0.3) is 11.1 Å². The molecule has 1 aliphatic rings. The number of anilines is 1. The number of hydrogen-bond donors (Lipinski definition) is 1. The Kier molecular flexibility index (Phi) is 6.28. The first-order valence-electron chi connectivity index (χ1n) is 10.7. The van der Waals surface area contributed by atoms with E-state index in [9.17, 15) is 4.79 Å². The molecule has 0 amide bonds. The molecule has 0 spiro atoms. The molecule has 2 heterocycles. The number of piperazine rings is 1. The van der Waals surface area contributed by atoms with Crippen molar-refractivity contribution < 1.29 is 9.90 Å². The Morgan fingerprint density at radius 2 is 1.58 bits per heavy atom. The van der Waals surface area contributed by atoms with Gasteiger partial charge in [-0.3, -0.25) is 9.69 Å². The highest BCUT2D eigenvalue weighted by Gasteiger charge is 2.30. The number of carboxylic acids is 1. The van der Waals surface area contributed by atoms with Gasteiger partial charge in [-0.25, -0.2) is 9.97 Å². The van der Waals surface area contributed by atoms with Crippen LogP contribution in [-0.4, -0.2) is 51.1 Å². The Labute approximate surface area is 183 Å². The van der Waals surface area contributed by atoms with E-state index in [4.69, 9.17) is 5.11 Å². The number of carbonyl (C=O) groups is 1. The third-order valence-electron chi connectivity index (χ3n) is 5.84. The number of hydrogen-bond acceptors (Lipinski definition) is 5. The van der Waals surface area contributed by atoms with E-state index >= 15 is 0 Å². The van der Waals surface area contributed by atoms with Gasteiger partial charge in [-0.15, -0.1) is 0 Å². The molecule has 2 aromatic carbocycles. The van der Waals surface area contributed by atoms with Crippen molar-refractivity contribution in [2.75, 3.05) is 18.0 Å². The average molecular weight is 417 g/mol. The zero-order chi connectivity index (χ0) is 21.8. The van der Waals surface area contributed by atoms with Crippen molar-refractivity contribution in [1.29, 1.82) is 0 Å². The molecule has 4 rings (SSSR count). The van der Waals surface area contributed by atoms with Crippen LogP contribution in [0.4, 0.5) is 5.95 Å². The van der Waals surface area contributed by atoms with E-state index in [0.29, 0.717) is 12.1 Å². The normalized spacial score (nSPS) is 19.4. The second-order valence-electron chi connectivity index (χ2n) is 8.30. The van der Waals surface area contributed by atoms with E-state index in [1.165, 1.54) is 0 Å². The van der Waals surface area contributed by atoms with Crippen molar-refractivity contribution in [3.8, 4) is 11.1 Å². The molecule has 3 aromatic rings. The molecule has 1 saturated heterocycles. The Morgan fingerprint density at radius 1 is 0.935 bits per heavy atom. The molecule has 1 fully saturated rings. The topological polar surface area (TPSA) is 69.6 Å². The standard InChI is InChI=1S/C25H28N4O2/c1-18-15-28(25-26-13-23(14-27-25)22-9-4-3-5-10-22)16-19(2)29(18)17-21-8-6-7-20(11-21)12-24(30)31/h3-11,13-14,18-19H,12,15-17H2,1-2H3,(H,30,31)/t18-,19+. The van der Waals surface area contributed by atoms with Crippen molar-refractivity contribution >= 4 is 11.9 Å². The van der Waals surface area contributed by atoms with E-state index in [0.717, 1.165) is 47.8 Å². The zero-order valence-corrected chi connectivity index (χ0v) is 18.0. The third-order valence-corrected chi connectivity index (χ3v) is 5.84. The van der Waals surface area contributed by atoms with Crippen molar-refractivity contribution in [3.05, 3.63) is 78.1 Å². The van der Waals surface area contributed by atoms with Crippen molar-refractivity contribution in [2.45, 2.75) is 38.9 Å². The first-order chi connectivity index (χ1) is 15.0. The number of aliphatic carboxylic acids is 1. The molecule has 0 saturated carbocycles. The summed E-state index contributed by atoms with van der Waals surface area (Å²) in [5, 5.41) is 9.05. The number of rotatable bonds is 6. The second kappa shape index (κ2) is 9.27. The molecule has 0 aliphatic carbocycles. The van der Waals surface area contributed by atoms with Gasteiger partial charge < -0.3 is 10.0 Å². The van der Waals surface area contributed by atoms with Crippen molar-refractivity contribution in [2.24, 2.45) is 0 Å². The summed E-state index contributed by atoms with van der Waals surface area (Å²) in [6.45, 7) is 6.95. The van der Waals surface area contributed by atoms with Gasteiger partial charge in [-0.1, -0.05) is 54.6 Å². The largest absolute Gasteiger partial charge is 0.481 e. The van der Waals surface area contributed by atoms with Gasteiger partial charge in [-0.2, -0.15) is 0 Å². The summed E-state index contributed by atoms with van der Waals surface area (Å²) in [6.07, 6.45) is 3.85. The monoisotopic (exact) mass is 416 g/mol. The fraction of sp³-hybridized carbons (Fsp3) is 0.320. The van der Waals surface area contributed by atoms with Gasteiger partial charge >= 0.3 is 5.97 Å². The maximum absolute atomic E-state index is 11.0. The van der Waals surface area contributed by atoms with Crippen LogP contribution in [0.5, 0.6) is 0 Å². The Morgan fingerprint density at radius 3 is 2.23 bits per heavy atom. The van der Waals surface area contributed by atoms with Crippen LogP contribution in [0.15, 0.2) is 67.0 Å². The van der Waals surface area contributed by atoms with E-state index < -0.39 is 5.97 Å². The summed E-state index contributed by atoms with van der Waals surface area (Å²) in [6, 6.07) is 18.7. The fourth-order valence-electron chi connectivity index (χ4n) is 4.32. The van der Waals surface area contributed by atoms with Gasteiger partial charge in [0.05, 0.1) is 6.42 Å². The summed E-state index contributed by atoms with van der Waals surface area (Å²) >= 11 is 0. The van der Waals surface area contributed by atoms with E-state index in [2.05, 4.69) is 51.8 Å². The van der Waals surface area contributed by atoms with Crippen LogP contribution in [0, 0.1) is 0 Å². The minimum atomic E-state index is -0.800. The van der Waals surface area contributed by atoms with Gasteiger partial charge in [0.15, 0.2) is 0 Å². The van der Waals surface area contributed by atoms with Gasteiger partial charge in [-0.05, 0) is 30.5 Å². The molecule has 6 nitrogen and oxygen atoms in total. The first-order valence-corrected chi connectivity index (χ1v) is 10.7. The molecule has 6 heteroatoms. The average Bonchev–Trinajstić information content (AvgIpc) is 2.77. The molecular formula is C25H28N4O2. The molecule has 2 atom stereocenters. The maximum Gasteiger partial charge on any atom is 0.307 e. The van der Waals surface area contributed by atoms with Crippen LogP contribution in [0.2, 0.25) is 0 Å². The fourth-order valence-corrected chi connectivity index (χ4v) is 4.32. The van der Waals surface area contributed by atoms with E-state index in [1.54, 1.807) is 0 Å². The molecule has 1 N–H and O–H groups in total. The predicted molar refractivity (Wildman–Crippen MR) is 122 cm³/mol. The minimum Gasteiger partial charge on any atom is -0.481 e. The lowest BCUT2D eigenvalue weighted by molar-refractivity contribution is -0.136. The number of aromatic nitrogens is 2.